The van der Waals surface area contributed by atoms with Crippen LogP contribution in [0.2, 0.25) is 10.0 Å². The molecule has 0 unspecified atom stereocenters. The van der Waals surface area contributed by atoms with Crippen molar-refractivity contribution in [3.8, 4) is 0 Å². The Labute approximate surface area is 114 Å². The quantitative estimate of drug-likeness (QED) is 0.744. The summed E-state index contributed by atoms with van der Waals surface area (Å²) in [5.41, 5.74) is 1.16. The Morgan fingerprint density at radius 3 is 2.53 bits per heavy atom. The number of benzene rings is 1. The molecule has 0 aliphatic rings. The summed E-state index contributed by atoms with van der Waals surface area (Å²) in [6.07, 6.45) is 1.12. The van der Waals surface area contributed by atoms with Crippen molar-refractivity contribution in [1.29, 1.82) is 0 Å². The predicted octanol–water partition coefficient (Wildman–Crippen LogP) is 3.47. The molecule has 0 amide bonds. The maximum absolute atomic E-state index is 5.94. The Kier molecular flexibility index (Phi) is 6.90. The van der Waals surface area contributed by atoms with Crippen LogP contribution in [0.3, 0.4) is 0 Å². The highest BCUT2D eigenvalue weighted by Gasteiger charge is 1.99. The number of hydrogen-bond acceptors (Lipinski definition) is 2. The average molecular weight is 275 g/mol. The van der Waals surface area contributed by atoms with Gasteiger partial charge in [-0.1, -0.05) is 43.1 Å². The normalized spacial score (nSPS) is 11.1. The van der Waals surface area contributed by atoms with Crippen LogP contribution in [-0.2, 0) is 6.54 Å². The Balaban J connectivity index is 2.16. The second-order valence-electron chi connectivity index (χ2n) is 4.39. The van der Waals surface area contributed by atoms with E-state index in [0.717, 1.165) is 31.6 Å². The highest BCUT2D eigenvalue weighted by atomic mass is 35.5. The molecular weight excluding hydrogens is 255 g/mol. The summed E-state index contributed by atoms with van der Waals surface area (Å²) in [6, 6.07) is 6.29. The Bertz CT molecular complexity index is 340. The van der Waals surface area contributed by atoms with Crippen molar-refractivity contribution >= 4 is 23.2 Å². The molecule has 4 heteroatoms. The second kappa shape index (κ2) is 7.93. The van der Waals surface area contributed by atoms with Gasteiger partial charge in [-0.3, -0.25) is 0 Å². The van der Waals surface area contributed by atoms with E-state index in [9.17, 15) is 0 Å². The van der Waals surface area contributed by atoms with Gasteiger partial charge in [0.2, 0.25) is 0 Å². The van der Waals surface area contributed by atoms with E-state index in [4.69, 9.17) is 23.2 Å². The summed E-state index contributed by atoms with van der Waals surface area (Å²) in [7, 11) is 0. The summed E-state index contributed by atoms with van der Waals surface area (Å²) in [5, 5.41) is 7.99. The van der Waals surface area contributed by atoms with Crippen LogP contribution in [0, 0.1) is 0 Å². The van der Waals surface area contributed by atoms with E-state index in [2.05, 4.69) is 24.5 Å². The van der Waals surface area contributed by atoms with Crippen molar-refractivity contribution in [1.82, 2.24) is 10.6 Å². The predicted molar refractivity (Wildman–Crippen MR) is 75.9 cm³/mol. The van der Waals surface area contributed by atoms with Crippen molar-refractivity contribution in [2.45, 2.75) is 32.9 Å². The molecule has 0 heterocycles. The molecule has 2 N–H and O–H groups in total. The Hall–Kier alpha value is -0.280. The van der Waals surface area contributed by atoms with Crippen LogP contribution in [-0.4, -0.2) is 19.1 Å². The first-order valence-corrected chi connectivity index (χ1v) is 6.73. The summed E-state index contributed by atoms with van der Waals surface area (Å²) in [5.74, 6) is 0. The first-order chi connectivity index (χ1) is 8.09. The largest absolute Gasteiger partial charge is 0.314 e. The maximum Gasteiger partial charge on any atom is 0.0595 e. The van der Waals surface area contributed by atoms with Crippen LogP contribution < -0.4 is 10.6 Å². The van der Waals surface area contributed by atoms with Crippen molar-refractivity contribution in [3.05, 3.63) is 33.8 Å². The molecule has 0 aliphatic carbocycles. The van der Waals surface area contributed by atoms with Gasteiger partial charge in [0.15, 0.2) is 0 Å². The molecular formula is C13H20Cl2N2. The number of halogens is 2. The van der Waals surface area contributed by atoms with Gasteiger partial charge in [-0.15, -0.1) is 0 Å². The molecule has 17 heavy (non-hydrogen) atoms. The molecule has 0 saturated carbocycles. The fraction of sp³-hybridized carbons (Fsp3) is 0.538. The van der Waals surface area contributed by atoms with E-state index >= 15 is 0 Å². The van der Waals surface area contributed by atoms with Gasteiger partial charge in [0, 0.05) is 12.6 Å². The molecule has 1 aromatic carbocycles. The van der Waals surface area contributed by atoms with Crippen LogP contribution in [0.4, 0.5) is 0 Å². The molecule has 1 aromatic rings. The van der Waals surface area contributed by atoms with Gasteiger partial charge in [0.05, 0.1) is 10.0 Å². The molecule has 0 radical (unpaired) electrons. The van der Waals surface area contributed by atoms with Crippen LogP contribution in [0.15, 0.2) is 18.2 Å². The van der Waals surface area contributed by atoms with Crippen molar-refractivity contribution in [3.63, 3.8) is 0 Å². The summed E-state index contributed by atoms with van der Waals surface area (Å²) >= 11 is 11.8. The smallest absolute Gasteiger partial charge is 0.0595 e. The number of hydrogen-bond donors (Lipinski definition) is 2. The average Bonchev–Trinajstić information content (AvgIpc) is 2.27. The van der Waals surface area contributed by atoms with Gasteiger partial charge in [-0.05, 0) is 37.2 Å². The Morgan fingerprint density at radius 1 is 1.12 bits per heavy atom. The standard InChI is InChI=1S/C13H20Cl2N2/c1-10(2)17-7-3-6-16-9-11-4-5-12(14)13(15)8-11/h4-5,8,10,16-17H,3,6-7,9H2,1-2H3. The molecule has 0 fully saturated rings. The van der Waals surface area contributed by atoms with Crippen LogP contribution in [0.25, 0.3) is 0 Å². The fourth-order valence-electron chi connectivity index (χ4n) is 1.49. The van der Waals surface area contributed by atoms with Gasteiger partial charge in [-0.25, -0.2) is 0 Å². The van der Waals surface area contributed by atoms with Crippen LogP contribution >= 0.6 is 23.2 Å². The second-order valence-corrected chi connectivity index (χ2v) is 5.20. The van der Waals surface area contributed by atoms with Crippen LogP contribution in [0.5, 0.6) is 0 Å². The van der Waals surface area contributed by atoms with Gasteiger partial charge in [0.25, 0.3) is 0 Å². The highest BCUT2D eigenvalue weighted by molar-refractivity contribution is 6.42. The zero-order valence-electron chi connectivity index (χ0n) is 10.4. The third-order valence-corrected chi connectivity index (χ3v) is 3.14. The molecule has 96 valence electrons. The topological polar surface area (TPSA) is 24.1 Å². The zero-order valence-corrected chi connectivity index (χ0v) is 11.9. The maximum atomic E-state index is 5.94. The van der Waals surface area contributed by atoms with E-state index in [1.807, 2.05) is 18.2 Å². The monoisotopic (exact) mass is 274 g/mol. The zero-order chi connectivity index (χ0) is 12.7. The summed E-state index contributed by atoms with van der Waals surface area (Å²) < 4.78 is 0. The first-order valence-electron chi connectivity index (χ1n) is 5.97. The van der Waals surface area contributed by atoms with Gasteiger partial charge in [0.1, 0.15) is 0 Å². The van der Waals surface area contributed by atoms with E-state index in [1.165, 1.54) is 0 Å². The highest BCUT2D eigenvalue weighted by Crippen LogP contribution is 2.22. The molecule has 0 spiro atoms. The van der Waals surface area contributed by atoms with Crippen molar-refractivity contribution < 1.29 is 0 Å². The lowest BCUT2D eigenvalue weighted by atomic mass is 10.2. The minimum Gasteiger partial charge on any atom is -0.314 e. The fourth-order valence-corrected chi connectivity index (χ4v) is 1.81. The SMILES string of the molecule is CC(C)NCCCNCc1ccc(Cl)c(Cl)c1. The molecule has 0 aromatic heterocycles. The molecule has 2 nitrogen and oxygen atoms in total. The van der Waals surface area contributed by atoms with E-state index in [-0.39, 0.29) is 0 Å². The lowest BCUT2D eigenvalue weighted by Gasteiger charge is -2.09. The third-order valence-electron chi connectivity index (χ3n) is 2.40. The first kappa shape index (κ1) is 14.8. The van der Waals surface area contributed by atoms with Gasteiger partial charge < -0.3 is 10.6 Å². The van der Waals surface area contributed by atoms with Crippen LogP contribution in [0.1, 0.15) is 25.8 Å². The molecule has 0 bridgehead atoms. The number of rotatable bonds is 7. The lowest BCUT2D eigenvalue weighted by molar-refractivity contribution is 0.547. The minimum absolute atomic E-state index is 0.560. The molecule has 1 rings (SSSR count). The summed E-state index contributed by atoms with van der Waals surface area (Å²) in [4.78, 5) is 0. The third kappa shape index (κ3) is 6.27. The number of nitrogens with one attached hydrogen (secondary N) is 2. The van der Waals surface area contributed by atoms with Gasteiger partial charge >= 0.3 is 0 Å². The van der Waals surface area contributed by atoms with E-state index < -0.39 is 0 Å². The van der Waals surface area contributed by atoms with Gasteiger partial charge in [-0.2, -0.15) is 0 Å². The van der Waals surface area contributed by atoms with Crippen molar-refractivity contribution in [2.75, 3.05) is 13.1 Å². The molecule has 0 saturated heterocycles. The van der Waals surface area contributed by atoms with Crippen molar-refractivity contribution in [2.24, 2.45) is 0 Å². The van der Waals surface area contributed by atoms with E-state index in [1.54, 1.807) is 0 Å². The minimum atomic E-state index is 0.560. The molecule has 0 atom stereocenters. The summed E-state index contributed by atoms with van der Waals surface area (Å²) in [6.45, 7) is 7.19. The Morgan fingerprint density at radius 2 is 1.88 bits per heavy atom. The molecule has 0 aliphatic heterocycles. The van der Waals surface area contributed by atoms with E-state index in [0.29, 0.717) is 16.1 Å². The lowest BCUT2D eigenvalue weighted by Crippen LogP contribution is -2.26.